The lowest BCUT2D eigenvalue weighted by Gasteiger charge is -2.06. The van der Waals surface area contributed by atoms with Crippen LogP contribution in [0.15, 0.2) is 52.7 Å². The number of ether oxygens (including phenoxy) is 2. The van der Waals surface area contributed by atoms with Gasteiger partial charge in [-0.3, -0.25) is 4.79 Å². The van der Waals surface area contributed by atoms with Gasteiger partial charge in [-0.15, -0.1) is 5.10 Å². The molecule has 29 heavy (non-hydrogen) atoms. The summed E-state index contributed by atoms with van der Waals surface area (Å²) in [6, 6.07) is 12.5. The fourth-order valence-corrected chi connectivity index (χ4v) is 2.77. The van der Waals surface area contributed by atoms with Crippen molar-refractivity contribution in [3.8, 4) is 11.5 Å². The molecule has 0 spiro atoms. The Morgan fingerprint density at radius 3 is 2.28 bits per heavy atom. The minimum absolute atomic E-state index is 0.109. The number of rotatable bonds is 6. The summed E-state index contributed by atoms with van der Waals surface area (Å²) in [5.41, 5.74) is 13.9. The van der Waals surface area contributed by atoms with E-state index < -0.39 is 0 Å². The number of nitrogens with zero attached hydrogens (tertiary/aromatic N) is 2. The maximum absolute atomic E-state index is 12.6. The highest BCUT2D eigenvalue weighted by atomic mass is 16.5. The van der Waals surface area contributed by atoms with Gasteiger partial charge in [-0.05, 0) is 36.8 Å². The Morgan fingerprint density at radius 2 is 1.66 bits per heavy atom. The zero-order valence-corrected chi connectivity index (χ0v) is 16.3. The van der Waals surface area contributed by atoms with Crippen LogP contribution in [0, 0.1) is 0 Å². The lowest BCUT2D eigenvalue weighted by molar-refractivity contribution is 0.102. The summed E-state index contributed by atoms with van der Waals surface area (Å²) < 4.78 is 10.6. The number of hydrogen-bond acceptors (Lipinski definition) is 5. The van der Waals surface area contributed by atoms with Crippen LogP contribution >= 0.6 is 0 Å². The quantitative estimate of drug-likeness (QED) is 0.289. The first kappa shape index (κ1) is 19.7. The van der Waals surface area contributed by atoms with Crippen LogP contribution in [-0.2, 0) is 0 Å². The van der Waals surface area contributed by atoms with E-state index in [1.54, 1.807) is 45.4 Å². The van der Waals surface area contributed by atoms with Crippen molar-refractivity contribution >= 4 is 34.2 Å². The SMILES string of the molecule is COc1cc2cc(C(=O)Nc3ccc(C(C)=NN=C(N)N)cc3)[nH]c2cc1OC. The predicted octanol–water partition coefficient (Wildman–Crippen LogP) is 2.43. The zero-order chi connectivity index (χ0) is 21.0. The summed E-state index contributed by atoms with van der Waals surface area (Å²) in [6.07, 6.45) is 0. The van der Waals surface area contributed by atoms with Gasteiger partial charge in [0.25, 0.3) is 5.91 Å². The number of carbonyl (C=O) groups is 1. The van der Waals surface area contributed by atoms with Crippen LogP contribution in [0.5, 0.6) is 11.5 Å². The van der Waals surface area contributed by atoms with Gasteiger partial charge in [-0.25, -0.2) is 0 Å². The highest BCUT2D eigenvalue weighted by Gasteiger charge is 2.13. The number of amides is 1. The summed E-state index contributed by atoms with van der Waals surface area (Å²) >= 11 is 0. The van der Waals surface area contributed by atoms with Crippen LogP contribution in [0.2, 0.25) is 0 Å². The van der Waals surface area contributed by atoms with E-state index in [4.69, 9.17) is 20.9 Å². The van der Waals surface area contributed by atoms with Crippen LogP contribution in [0.1, 0.15) is 23.0 Å². The molecule has 0 saturated heterocycles. The van der Waals surface area contributed by atoms with Gasteiger partial charge in [-0.2, -0.15) is 5.10 Å². The monoisotopic (exact) mass is 394 g/mol. The number of methoxy groups -OCH3 is 2. The second kappa shape index (κ2) is 8.34. The summed E-state index contributed by atoms with van der Waals surface area (Å²) in [7, 11) is 3.13. The average Bonchev–Trinajstić information content (AvgIpc) is 3.14. The molecular weight excluding hydrogens is 372 g/mol. The molecule has 9 nitrogen and oxygen atoms in total. The lowest BCUT2D eigenvalue weighted by Crippen LogP contribution is -2.22. The Kier molecular flexibility index (Phi) is 5.68. The van der Waals surface area contributed by atoms with Crippen LogP contribution in [0.4, 0.5) is 5.69 Å². The maximum Gasteiger partial charge on any atom is 0.272 e. The van der Waals surface area contributed by atoms with Crippen molar-refractivity contribution in [2.75, 3.05) is 19.5 Å². The third-order valence-electron chi connectivity index (χ3n) is 4.25. The number of benzene rings is 2. The maximum atomic E-state index is 12.6. The molecule has 0 radical (unpaired) electrons. The molecule has 6 N–H and O–H groups in total. The predicted molar refractivity (Wildman–Crippen MR) is 114 cm³/mol. The molecule has 0 unspecified atom stereocenters. The summed E-state index contributed by atoms with van der Waals surface area (Å²) in [6.45, 7) is 1.78. The van der Waals surface area contributed by atoms with Gasteiger partial charge in [-0.1, -0.05) is 12.1 Å². The van der Waals surface area contributed by atoms with Crippen LogP contribution in [-0.4, -0.2) is 36.8 Å². The molecule has 2 aromatic carbocycles. The van der Waals surface area contributed by atoms with Crippen molar-refractivity contribution < 1.29 is 14.3 Å². The summed E-state index contributed by atoms with van der Waals surface area (Å²) in [4.78, 5) is 15.7. The molecule has 1 aromatic heterocycles. The molecule has 1 heterocycles. The molecule has 0 saturated carbocycles. The number of nitrogens with one attached hydrogen (secondary N) is 2. The highest BCUT2D eigenvalue weighted by molar-refractivity contribution is 6.06. The second-order valence-corrected chi connectivity index (χ2v) is 6.22. The van der Waals surface area contributed by atoms with E-state index in [-0.39, 0.29) is 11.9 Å². The highest BCUT2D eigenvalue weighted by Crippen LogP contribution is 2.32. The Balaban J connectivity index is 1.78. The zero-order valence-electron chi connectivity index (χ0n) is 16.3. The number of anilines is 1. The molecular formula is C20H22N6O3. The van der Waals surface area contributed by atoms with Crippen molar-refractivity contribution in [3.05, 3.63) is 53.7 Å². The molecule has 0 fully saturated rings. The third-order valence-corrected chi connectivity index (χ3v) is 4.25. The molecule has 3 rings (SSSR count). The second-order valence-electron chi connectivity index (χ2n) is 6.22. The van der Waals surface area contributed by atoms with E-state index in [0.29, 0.717) is 28.6 Å². The molecule has 0 aliphatic rings. The van der Waals surface area contributed by atoms with Gasteiger partial charge < -0.3 is 31.2 Å². The number of carbonyl (C=O) groups excluding carboxylic acids is 1. The Bertz CT molecular complexity index is 1050. The van der Waals surface area contributed by atoms with Crippen molar-refractivity contribution in [1.29, 1.82) is 0 Å². The first-order chi connectivity index (χ1) is 13.9. The van der Waals surface area contributed by atoms with Crippen molar-refractivity contribution in [2.45, 2.75) is 6.92 Å². The smallest absolute Gasteiger partial charge is 0.272 e. The largest absolute Gasteiger partial charge is 0.493 e. The molecule has 1 amide bonds. The van der Waals surface area contributed by atoms with Crippen molar-refractivity contribution in [1.82, 2.24) is 4.98 Å². The lowest BCUT2D eigenvalue weighted by atomic mass is 10.1. The first-order valence-corrected chi connectivity index (χ1v) is 8.71. The van der Waals surface area contributed by atoms with Gasteiger partial charge in [0.05, 0.1) is 19.9 Å². The van der Waals surface area contributed by atoms with E-state index in [0.717, 1.165) is 16.5 Å². The fourth-order valence-electron chi connectivity index (χ4n) is 2.77. The summed E-state index contributed by atoms with van der Waals surface area (Å²) in [5.74, 6) is 0.807. The van der Waals surface area contributed by atoms with Crippen LogP contribution in [0.25, 0.3) is 10.9 Å². The standard InChI is InChI=1S/C20H22N6O3/c1-11(25-26-20(21)22)12-4-6-14(7-5-12)23-19(27)16-8-13-9-17(28-2)18(29-3)10-15(13)24-16/h4-10,24H,1-3H3,(H,23,27)(H4,21,22,26). The molecule has 150 valence electrons. The Hall–Kier alpha value is -4.01. The minimum Gasteiger partial charge on any atom is -0.493 e. The van der Waals surface area contributed by atoms with Crippen molar-refractivity contribution in [2.24, 2.45) is 21.7 Å². The van der Waals surface area contributed by atoms with E-state index in [9.17, 15) is 4.79 Å². The van der Waals surface area contributed by atoms with Crippen LogP contribution < -0.4 is 26.3 Å². The molecule has 0 bridgehead atoms. The van der Waals surface area contributed by atoms with Gasteiger partial charge in [0, 0.05) is 22.7 Å². The fraction of sp³-hybridized carbons (Fsp3) is 0.150. The Morgan fingerprint density at radius 1 is 1.00 bits per heavy atom. The molecule has 9 heteroatoms. The van der Waals surface area contributed by atoms with E-state index in [2.05, 4.69) is 20.5 Å². The van der Waals surface area contributed by atoms with E-state index in [1.165, 1.54) is 0 Å². The van der Waals surface area contributed by atoms with Gasteiger partial charge >= 0.3 is 0 Å². The van der Waals surface area contributed by atoms with Crippen LogP contribution in [0.3, 0.4) is 0 Å². The van der Waals surface area contributed by atoms with Gasteiger partial charge in [0.15, 0.2) is 11.5 Å². The van der Waals surface area contributed by atoms with E-state index in [1.807, 2.05) is 18.2 Å². The number of H-pyrrole nitrogens is 1. The number of guanidine groups is 1. The molecule has 0 atom stereocenters. The number of hydrogen-bond donors (Lipinski definition) is 4. The number of aromatic nitrogens is 1. The van der Waals surface area contributed by atoms with Crippen molar-refractivity contribution in [3.63, 3.8) is 0 Å². The molecule has 0 aliphatic heterocycles. The topological polar surface area (TPSA) is 140 Å². The molecule has 3 aromatic rings. The third kappa shape index (κ3) is 4.46. The molecule has 0 aliphatic carbocycles. The Labute approximate surface area is 167 Å². The van der Waals surface area contributed by atoms with Gasteiger partial charge in [0.2, 0.25) is 5.96 Å². The number of fused-ring (bicyclic) bond motifs is 1. The average molecular weight is 394 g/mol. The van der Waals surface area contributed by atoms with E-state index >= 15 is 0 Å². The van der Waals surface area contributed by atoms with Gasteiger partial charge in [0.1, 0.15) is 5.69 Å². The normalized spacial score (nSPS) is 11.2. The summed E-state index contributed by atoms with van der Waals surface area (Å²) in [5, 5.41) is 11.2. The number of nitrogens with two attached hydrogens (primary N) is 2. The minimum atomic E-state index is -0.266. The first-order valence-electron chi connectivity index (χ1n) is 8.71. The number of aromatic amines is 1.